The Bertz CT molecular complexity index is 4130. The summed E-state index contributed by atoms with van der Waals surface area (Å²) < 4.78 is 160. The summed E-state index contributed by atoms with van der Waals surface area (Å²) in [6.45, 7) is 5.90. The third-order valence-corrected chi connectivity index (χ3v) is 19.8. The molecule has 1 unspecified atom stereocenters. The first kappa shape index (κ1) is 99.2. The summed E-state index contributed by atoms with van der Waals surface area (Å²) in [6, 6.07) is -8.02. The molecule has 3 fully saturated rings. The van der Waals surface area contributed by atoms with E-state index < -0.39 is 232 Å². The molecule has 0 bridgehead atoms. The zero-order valence-corrected chi connectivity index (χ0v) is 78.5. The highest BCUT2D eigenvalue weighted by atomic mass is 16.7. The number of hydrogen-bond donors (Lipinski definition) is 25. The van der Waals surface area contributed by atoms with Crippen LogP contribution in [0.2, 0.25) is 0 Å². The number of nitrogens with one attached hydrogen (secondary N) is 15. The number of ketones is 1. The summed E-state index contributed by atoms with van der Waals surface area (Å²) in [5, 5.41) is 83.8. The number of unbranched alkanes of at least 4 members (excludes halogenated alkanes) is 2. The molecular weight excluding hydrogens is 1850 g/mol. The maximum atomic E-state index is 12.6. The van der Waals surface area contributed by atoms with Gasteiger partial charge in [-0.2, -0.15) is 0 Å². The molecule has 139 heavy (non-hydrogen) atoms. The van der Waals surface area contributed by atoms with E-state index in [0.29, 0.717) is 92.7 Å². The van der Waals surface area contributed by atoms with E-state index in [1.54, 1.807) is 13.0 Å². The molecule has 56 nitrogen and oxygen atoms in total. The van der Waals surface area contributed by atoms with E-state index in [1.165, 1.54) is 0 Å². The van der Waals surface area contributed by atoms with Crippen molar-refractivity contribution >= 4 is 148 Å². The number of aliphatic hydroxyl groups excluding tert-OH is 6. The van der Waals surface area contributed by atoms with E-state index >= 15 is 0 Å². The molecule has 3 aliphatic heterocycles. The molecule has 3 saturated heterocycles. The Morgan fingerprint density at radius 1 is 0.367 bits per heavy atom. The Labute approximate surface area is 851 Å². The molecular formula is C83H172N22O34. The van der Waals surface area contributed by atoms with Gasteiger partial charge >= 0.3 is 17.9 Å². The van der Waals surface area contributed by atoms with Crippen LogP contribution in [0.5, 0.6) is 0 Å². The van der Waals surface area contributed by atoms with E-state index in [0.717, 1.165) is 12.8 Å². The van der Waals surface area contributed by atoms with Crippen LogP contribution in [0, 0.1) is 23.7 Å². The van der Waals surface area contributed by atoms with Crippen LogP contribution in [-0.2, 0) is 134 Å². The fourth-order valence-electron chi connectivity index (χ4n) is 11.9. The minimum Gasteiger partial charge on any atom is -0.394 e. The number of amides is 21. The average Bonchev–Trinajstić information content (AvgIpc) is 1.73. The van der Waals surface area contributed by atoms with E-state index in [4.69, 9.17) is 70.4 Å². The summed E-state index contributed by atoms with van der Waals surface area (Å²) in [7, 11) is 0. The molecule has 0 aromatic heterocycles. The molecule has 0 aliphatic carbocycles. The van der Waals surface area contributed by atoms with Crippen molar-refractivity contribution in [3.8, 4) is 0 Å². The second-order valence-corrected chi connectivity index (χ2v) is 32.0. The molecule has 3 aliphatic rings. The van der Waals surface area contributed by atoms with Gasteiger partial charge in [0.05, 0.1) is 65.8 Å². The Hall–Kier alpha value is -12.8. The van der Waals surface area contributed by atoms with Gasteiger partial charge in [-0.15, -0.1) is 21.8 Å². The predicted molar refractivity (Wildman–Crippen MR) is 514 cm³/mol. The van der Waals surface area contributed by atoms with Crippen molar-refractivity contribution in [2.75, 3.05) is 98.5 Å². The van der Waals surface area contributed by atoms with Gasteiger partial charge in [0, 0.05) is 183 Å². The van der Waals surface area contributed by atoms with Crippen molar-refractivity contribution in [2.45, 2.75) is 237 Å². The minimum absolute atomic E-state index is 0. The average molecular weight is 2060 g/mol. The van der Waals surface area contributed by atoms with Gasteiger partial charge in [0.1, 0.15) is 42.0 Å². The molecule has 0 radical (unpaired) electrons. The number of nitrogens with zero attached hydrogens (tertiary/aromatic N) is 3. The fraction of sp³-hybridized carbons (Fsp3) is 0.675. The number of aliphatic hydroxyl groups is 6. The standard InChI is InChI=1S/C43H78N12O15.C24H39N7O11.C13H14N2O8.C3H7N.17H2/c1-26(18-34(44)61)10-9-16-47-41(68)31(23-57)52-36(63)20-49-40(67)30(22-56)48-19-29(60)13-8-14-35(62)54-43(70)32(24-58)53-37(64)21-50-42(69)33(25-59)55-51-17-7-5-12-28(3)39(66)46-15-6-4-11-27(2)38(45)65;1-14(10-17(25)34)4-3-9-27-30-16(13-33)23(40)26-11-19(36)28-15(12-32)24(41)29-18(35)5-2-6-22(39)42-31-20(37)7-8-21(31)38;16-8-4-5-9(17)14(8)22-12(20)2-1-3-13(21)23-15-10(18)6-7-11(15)19;1-2-3-4;;;;;;;;;;;;;;;;;/h26-28,30-33,48,51,55-59H,4-25H2,1-3H3,(H2,44,61)(H2,45,65)(H,46,66)(H,47,68)(H,49,67)(H,50,69)(H,52,63)(H,53,64)(H,54,62,70);14-16,27,30,32-33H,2-13H2,1H3,(H2,25,34)(H,26,40)(H,28,36)(H,29,35,41);1-7H2;2H,1,3-4H2;17*1H/t26-,27+,28+,30+,31+,32+,33+;14?,15-,16-;;;;;;;;;;;;;;;;;;;/m10.................../s1/i;;;;16*1+1D;1+1. The van der Waals surface area contributed by atoms with Crippen LogP contribution in [0.4, 0.5) is 0 Å². The number of rotatable bonds is 68. The van der Waals surface area contributed by atoms with Crippen molar-refractivity contribution in [2.24, 2.45) is 46.6 Å². The van der Waals surface area contributed by atoms with Gasteiger partial charge in [0.2, 0.25) is 76.8 Å². The number of imide groups is 5. The molecule has 29 N–H and O–H groups in total. The molecule has 0 saturated carbocycles. The number of carbonyl (C=O) groups excluding carboxylic acids is 25. The van der Waals surface area contributed by atoms with Crippen molar-refractivity contribution in [3.63, 3.8) is 0 Å². The number of primary amides is 3. The van der Waals surface area contributed by atoms with Gasteiger partial charge in [-0.1, -0.05) is 46.6 Å². The van der Waals surface area contributed by atoms with Gasteiger partial charge in [-0.05, 0) is 82.5 Å². The lowest BCUT2D eigenvalue weighted by Crippen LogP contribution is -2.55. The zero-order chi connectivity index (χ0) is 137. The largest absolute Gasteiger partial charge is 0.394 e. The van der Waals surface area contributed by atoms with Crippen LogP contribution in [0.15, 0.2) is 12.7 Å². The fourth-order valence-corrected chi connectivity index (χ4v) is 11.9. The minimum atomic E-state index is -1.58. The third kappa shape index (κ3) is 57.9. The van der Waals surface area contributed by atoms with Crippen LogP contribution >= 0.6 is 0 Å². The van der Waals surface area contributed by atoms with Gasteiger partial charge in [0.15, 0.2) is 0 Å². The highest BCUT2D eigenvalue weighted by Gasteiger charge is 2.37. The smallest absolute Gasteiger partial charge is 0.333 e. The molecule has 3 rings (SSSR count). The van der Waals surface area contributed by atoms with E-state index in [9.17, 15) is 151 Å². The van der Waals surface area contributed by atoms with E-state index in [1.807, 2.05) is 31.4 Å². The molecule has 818 valence electrons. The number of hydrogen-bond acceptors (Lipinski definition) is 40. The summed E-state index contributed by atoms with van der Waals surface area (Å²) in [5.74, 6) is -17.7. The van der Waals surface area contributed by atoms with Gasteiger partial charge in [-0.3, -0.25) is 132 Å². The first-order chi connectivity index (χ1) is 81.8. The second-order valence-electron chi connectivity index (χ2n) is 32.0. The predicted octanol–water partition coefficient (Wildman–Crippen LogP) is -6.99. The van der Waals surface area contributed by atoms with Gasteiger partial charge in [0.25, 0.3) is 47.3 Å². The molecule has 0 aromatic carbocycles. The number of hydroxylamine groups is 6. The second kappa shape index (κ2) is 73.4. The zero-order valence-electron chi connectivity index (χ0n) is 111. The van der Waals surface area contributed by atoms with Crippen molar-refractivity contribution < 1.29 is 214 Å². The van der Waals surface area contributed by atoms with Crippen molar-refractivity contribution in [3.05, 3.63) is 12.7 Å². The first-order valence-electron chi connectivity index (χ1n) is 61.0. The van der Waals surface area contributed by atoms with Crippen LogP contribution < -0.4 is 103 Å². The van der Waals surface area contributed by atoms with Crippen molar-refractivity contribution in [1.29, 1.82) is 0 Å². The Kier molecular flexibility index (Phi) is 52.4. The van der Waals surface area contributed by atoms with E-state index in [-0.39, 0.29) is 159 Å². The summed E-state index contributed by atoms with van der Waals surface area (Å²) in [5.41, 5.74) is 31.3. The third-order valence-electron chi connectivity index (χ3n) is 19.8. The maximum Gasteiger partial charge on any atom is 0.333 e. The van der Waals surface area contributed by atoms with Crippen LogP contribution in [0.25, 0.3) is 0 Å². The lowest BCUT2D eigenvalue weighted by atomic mass is 10.0. The SMILES string of the molecule is C=CCN.CC(CCCNN[C@@H](CO)C(=O)NCC(=O)N[C@@H](CO)C(=O)NC(=O)CCCC(=O)ON1C(=O)CCC1=O)CC(N)=O.C[C@H](CCCNC(=O)[C@H](CO)NC(=O)CNC(=O)[C@H](CO)NCC(=O)CCCC(=O)NC(=O)[C@H](CO)NC(=O)CNC(=O)[C@H](CO)NNCCCC[C@H](C)C(=O)NCCCC[C@H](C)C(N)=O)CC(N)=O.O=C(CCCC(=O)ON1C(=O)CCC1=O)ON1C(=O)CCC1=O.[2HH].[2H][2H].[2H][2H].[2H][2H].[2H][2H].[2H][2H].[2H][2H].[2H][2H].[2H][2H].[2H][2H].[2H][2H].[2H][2H].[2H][2H].[2H][2H].[2H][2H].[2H][2H].[2H][2H]. The normalized spacial score (nSPS) is 15.6. The molecule has 10 atom stereocenters. The molecule has 3 heterocycles. The Morgan fingerprint density at radius 3 is 1.02 bits per heavy atom. The molecule has 56 heteroatoms. The number of nitrogens with two attached hydrogens (primary N) is 4. The topological polar surface area (TPSA) is 870 Å². The monoisotopic (exact) mass is 2050 g/mol. The van der Waals surface area contributed by atoms with E-state index in [2.05, 4.69) is 90.6 Å². The highest BCUT2D eigenvalue weighted by Crippen LogP contribution is 2.18. The molecule has 21 amide bonds. The number of Topliss-reactive ketones (excluding diaryl/α,β-unsaturated/α-hetero) is 1. The van der Waals surface area contributed by atoms with Crippen LogP contribution in [0.3, 0.4) is 0 Å². The molecule has 0 spiro atoms. The van der Waals surface area contributed by atoms with Crippen molar-refractivity contribution in [1.82, 2.24) is 95.4 Å². The first-order valence-corrected chi connectivity index (χ1v) is 45.0. The van der Waals surface area contributed by atoms with Gasteiger partial charge < -0.3 is 111 Å². The number of carbonyl (C=O) groups is 25. The van der Waals surface area contributed by atoms with Crippen LogP contribution in [-0.4, -0.2) is 328 Å². The summed E-state index contributed by atoms with van der Waals surface area (Å²) in [4.78, 5) is 310. The summed E-state index contributed by atoms with van der Waals surface area (Å²) in [6.07, 6.45) is 6.82. The Morgan fingerprint density at radius 2 is 0.669 bits per heavy atom. The van der Waals surface area contributed by atoms with Crippen LogP contribution in [0.1, 0.15) is 250 Å². The summed E-state index contributed by atoms with van der Waals surface area (Å²) >= 11 is 0. The quantitative estimate of drug-likeness (QED) is 0.0116. The lowest BCUT2D eigenvalue weighted by Gasteiger charge is -2.18. The Balaban J connectivity index is -0.000000122. The number of hydrazine groups is 2. The molecule has 0 aromatic rings. The maximum absolute atomic E-state index is 12.6. The van der Waals surface area contributed by atoms with Gasteiger partial charge in [-0.25, -0.2) is 25.2 Å². The lowest BCUT2D eigenvalue weighted by molar-refractivity contribution is -0.199. The highest BCUT2D eigenvalue weighted by molar-refractivity contribution is 6.04.